The van der Waals surface area contributed by atoms with Crippen molar-refractivity contribution >= 4 is 39.0 Å². The second-order valence-electron chi connectivity index (χ2n) is 5.99. The van der Waals surface area contributed by atoms with Crippen molar-refractivity contribution in [2.75, 3.05) is 10.0 Å². The molecule has 0 bridgehead atoms. The molecule has 2 heterocycles. The minimum absolute atomic E-state index is 0.220. The van der Waals surface area contributed by atoms with Gasteiger partial charge < -0.3 is 4.74 Å². The van der Waals surface area contributed by atoms with Crippen LogP contribution >= 0.6 is 11.3 Å². The van der Waals surface area contributed by atoms with E-state index >= 15 is 0 Å². The minimum Gasteiger partial charge on any atom is -0.444 e. The Kier molecular flexibility index (Phi) is 5.14. The normalized spacial score (nSPS) is 11.8. The maximum atomic E-state index is 12.2. The second kappa shape index (κ2) is 6.78. The Bertz CT molecular complexity index is 825. The Balaban J connectivity index is 2.12. The van der Waals surface area contributed by atoms with E-state index in [1.165, 1.54) is 12.1 Å². The molecule has 0 aliphatic carbocycles. The lowest BCUT2D eigenvalue weighted by Gasteiger charge is -2.19. The lowest BCUT2D eigenvalue weighted by atomic mass is 10.2. The van der Waals surface area contributed by atoms with Crippen LogP contribution in [0.1, 0.15) is 26.5 Å². The van der Waals surface area contributed by atoms with Crippen LogP contribution in [0.5, 0.6) is 0 Å². The van der Waals surface area contributed by atoms with E-state index in [2.05, 4.69) is 15.0 Å². The van der Waals surface area contributed by atoms with Crippen molar-refractivity contribution in [2.45, 2.75) is 37.5 Å². The summed E-state index contributed by atoms with van der Waals surface area (Å²) in [4.78, 5) is 15.9. The van der Waals surface area contributed by atoms with E-state index in [-0.39, 0.29) is 10.0 Å². The number of pyridine rings is 1. The molecule has 2 aromatic heterocycles. The standard InChI is InChI=1S/C15H19N3O4S2/c1-10-11(18-24(20,21)13-6-5-9-23-13)7-8-12(16-10)17-14(19)22-15(2,3)4/h5-9,18H,1-4H3,(H,16,17,19). The van der Waals surface area contributed by atoms with Crippen LogP contribution < -0.4 is 10.0 Å². The number of sulfonamides is 1. The minimum atomic E-state index is -3.64. The molecule has 9 heteroatoms. The fourth-order valence-electron chi connectivity index (χ4n) is 1.76. The number of aryl methyl sites for hydroxylation is 1. The predicted molar refractivity (Wildman–Crippen MR) is 94.0 cm³/mol. The molecule has 130 valence electrons. The molecule has 0 aromatic carbocycles. The fraction of sp³-hybridized carbons (Fsp3) is 0.333. The Morgan fingerprint density at radius 2 is 1.96 bits per heavy atom. The second-order valence-corrected chi connectivity index (χ2v) is 8.85. The Hall–Kier alpha value is -2.13. The summed E-state index contributed by atoms with van der Waals surface area (Å²) in [5, 5.41) is 4.20. The lowest BCUT2D eigenvalue weighted by molar-refractivity contribution is 0.0635. The molecule has 24 heavy (non-hydrogen) atoms. The molecule has 0 saturated carbocycles. The van der Waals surface area contributed by atoms with Gasteiger partial charge >= 0.3 is 6.09 Å². The van der Waals surface area contributed by atoms with Gasteiger partial charge in [0.1, 0.15) is 15.6 Å². The molecule has 0 unspecified atom stereocenters. The molecule has 0 aliphatic heterocycles. The number of nitrogens with one attached hydrogen (secondary N) is 2. The van der Waals surface area contributed by atoms with Crippen molar-refractivity contribution in [3.8, 4) is 0 Å². The van der Waals surface area contributed by atoms with E-state index < -0.39 is 21.7 Å². The topological polar surface area (TPSA) is 97.4 Å². The number of ether oxygens (including phenoxy) is 1. The van der Waals surface area contributed by atoms with Crippen LogP contribution in [0.4, 0.5) is 16.3 Å². The fourth-order valence-corrected chi connectivity index (χ4v) is 3.87. The van der Waals surface area contributed by atoms with Crippen molar-refractivity contribution in [1.29, 1.82) is 0 Å². The number of nitrogens with zero attached hydrogens (tertiary/aromatic N) is 1. The number of hydrogen-bond acceptors (Lipinski definition) is 6. The highest BCUT2D eigenvalue weighted by molar-refractivity contribution is 7.94. The van der Waals surface area contributed by atoms with E-state index in [1.54, 1.807) is 45.2 Å². The van der Waals surface area contributed by atoms with Crippen LogP contribution in [0.15, 0.2) is 33.9 Å². The third kappa shape index (κ3) is 4.93. The zero-order valence-electron chi connectivity index (χ0n) is 13.8. The molecule has 2 rings (SSSR count). The molecule has 0 spiro atoms. The average molecular weight is 369 g/mol. The lowest BCUT2D eigenvalue weighted by Crippen LogP contribution is -2.27. The van der Waals surface area contributed by atoms with Crippen LogP contribution in [-0.4, -0.2) is 25.1 Å². The number of hydrogen-bond donors (Lipinski definition) is 2. The number of aromatic nitrogens is 1. The van der Waals surface area contributed by atoms with Crippen LogP contribution in [0.3, 0.4) is 0 Å². The molecule has 1 amide bonds. The molecule has 0 radical (unpaired) electrons. The van der Waals surface area contributed by atoms with Crippen molar-refractivity contribution in [2.24, 2.45) is 0 Å². The first-order valence-electron chi connectivity index (χ1n) is 7.11. The number of amides is 1. The van der Waals surface area contributed by atoms with Gasteiger partial charge in [0.05, 0.1) is 11.4 Å². The van der Waals surface area contributed by atoms with Gasteiger partial charge in [-0.05, 0) is 51.3 Å². The van der Waals surface area contributed by atoms with E-state index in [4.69, 9.17) is 4.74 Å². The largest absolute Gasteiger partial charge is 0.444 e. The van der Waals surface area contributed by atoms with Gasteiger partial charge in [0, 0.05) is 0 Å². The third-order valence-electron chi connectivity index (χ3n) is 2.72. The summed E-state index contributed by atoms with van der Waals surface area (Å²) in [6.07, 6.45) is -0.624. The first-order valence-corrected chi connectivity index (χ1v) is 9.47. The molecule has 0 aliphatic rings. The Morgan fingerprint density at radius 3 is 2.50 bits per heavy atom. The van der Waals surface area contributed by atoms with E-state index in [1.807, 2.05) is 0 Å². The van der Waals surface area contributed by atoms with Gasteiger partial charge in [-0.25, -0.2) is 18.2 Å². The highest BCUT2D eigenvalue weighted by Crippen LogP contribution is 2.23. The summed E-state index contributed by atoms with van der Waals surface area (Å²) in [6.45, 7) is 6.92. The number of thiophene rings is 1. The molecule has 0 atom stereocenters. The monoisotopic (exact) mass is 369 g/mol. The maximum Gasteiger partial charge on any atom is 0.413 e. The molecule has 0 fully saturated rings. The van der Waals surface area contributed by atoms with Crippen LogP contribution in [0.25, 0.3) is 0 Å². The average Bonchev–Trinajstić information content (AvgIpc) is 2.94. The van der Waals surface area contributed by atoms with E-state index in [0.29, 0.717) is 11.4 Å². The summed E-state index contributed by atoms with van der Waals surface area (Å²) < 4.78 is 32.3. The molecule has 2 N–H and O–H groups in total. The first-order chi connectivity index (χ1) is 11.1. The highest BCUT2D eigenvalue weighted by Gasteiger charge is 2.18. The van der Waals surface area contributed by atoms with Crippen LogP contribution in [-0.2, 0) is 14.8 Å². The third-order valence-corrected chi connectivity index (χ3v) is 5.48. The Labute approximate surface area is 145 Å². The van der Waals surface area contributed by atoms with Gasteiger partial charge in [-0.2, -0.15) is 0 Å². The van der Waals surface area contributed by atoms with Gasteiger partial charge in [-0.3, -0.25) is 10.0 Å². The zero-order chi connectivity index (χ0) is 18.0. The Morgan fingerprint density at radius 1 is 1.25 bits per heavy atom. The summed E-state index contributed by atoms with van der Waals surface area (Å²) in [6, 6.07) is 6.23. The van der Waals surface area contributed by atoms with Gasteiger partial charge in [-0.1, -0.05) is 6.07 Å². The molecular weight excluding hydrogens is 350 g/mol. The summed E-state index contributed by atoms with van der Waals surface area (Å²) in [7, 11) is -3.64. The number of anilines is 2. The zero-order valence-corrected chi connectivity index (χ0v) is 15.4. The van der Waals surface area contributed by atoms with E-state index in [9.17, 15) is 13.2 Å². The summed E-state index contributed by atoms with van der Waals surface area (Å²) in [5.74, 6) is 0.279. The van der Waals surface area contributed by atoms with Crippen molar-refractivity contribution < 1.29 is 17.9 Å². The molecule has 2 aromatic rings. The van der Waals surface area contributed by atoms with Crippen molar-refractivity contribution in [3.05, 3.63) is 35.3 Å². The van der Waals surface area contributed by atoms with Gasteiger partial charge in [0.15, 0.2) is 0 Å². The summed E-state index contributed by atoms with van der Waals surface area (Å²) >= 11 is 1.13. The van der Waals surface area contributed by atoms with Crippen LogP contribution in [0, 0.1) is 6.92 Å². The smallest absolute Gasteiger partial charge is 0.413 e. The number of carbonyl (C=O) groups excluding carboxylic acids is 1. The van der Waals surface area contributed by atoms with Crippen molar-refractivity contribution in [1.82, 2.24) is 4.98 Å². The van der Waals surface area contributed by atoms with Gasteiger partial charge in [0.25, 0.3) is 10.0 Å². The molecular formula is C15H19N3O4S2. The maximum absolute atomic E-state index is 12.2. The van der Waals surface area contributed by atoms with Gasteiger partial charge in [-0.15, -0.1) is 11.3 Å². The predicted octanol–water partition coefficient (Wildman–Crippen LogP) is 3.60. The van der Waals surface area contributed by atoms with Crippen molar-refractivity contribution in [3.63, 3.8) is 0 Å². The molecule has 7 nitrogen and oxygen atoms in total. The molecule has 0 saturated heterocycles. The number of rotatable bonds is 4. The summed E-state index contributed by atoms with van der Waals surface area (Å²) in [5.41, 5.74) is 0.164. The number of carbonyl (C=O) groups is 1. The first kappa shape index (κ1) is 18.2. The quantitative estimate of drug-likeness (QED) is 0.858. The van der Waals surface area contributed by atoms with Gasteiger partial charge in [0.2, 0.25) is 0 Å². The van der Waals surface area contributed by atoms with Crippen LogP contribution in [0.2, 0.25) is 0 Å². The SMILES string of the molecule is Cc1nc(NC(=O)OC(C)(C)C)ccc1NS(=O)(=O)c1cccs1. The van der Waals surface area contributed by atoms with E-state index in [0.717, 1.165) is 11.3 Å². The highest BCUT2D eigenvalue weighted by atomic mass is 32.2.